The number of ether oxygens (including phenoxy) is 1. The van der Waals surface area contributed by atoms with Crippen LogP contribution in [0.1, 0.15) is 5.69 Å². The first-order chi connectivity index (χ1) is 14.2. The van der Waals surface area contributed by atoms with Crippen LogP contribution in [0.25, 0.3) is 37.7 Å². The number of fused-ring (bicyclic) bond motifs is 1. The van der Waals surface area contributed by atoms with Crippen LogP contribution in [-0.2, 0) is 0 Å². The summed E-state index contributed by atoms with van der Waals surface area (Å²) in [6.07, 6.45) is 0. The lowest BCUT2D eigenvalue weighted by atomic mass is 10.1. The number of methoxy groups -OCH3 is 1. The van der Waals surface area contributed by atoms with Crippen molar-refractivity contribution in [2.45, 2.75) is 6.92 Å². The maximum atomic E-state index is 5.29. The minimum atomic E-state index is 0.865. The number of para-hydroxylation sites is 1. The highest BCUT2D eigenvalue weighted by Gasteiger charge is 2.11. The predicted molar refractivity (Wildman–Crippen MR) is 121 cm³/mol. The van der Waals surface area contributed by atoms with Crippen molar-refractivity contribution < 1.29 is 4.74 Å². The summed E-state index contributed by atoms with van der Waals surface area (Å²) in [6.45, 7) is 2.13. The average molecular weight is 397 g/mol. The van der Waals surface area contributed by atoms with Gasteiger partial charge < -0.3 is 9.30 Å². The molecule has 0 atom stereocenters. The molecule has 142 valence electrons. The Kier molecular flexibility index (Phi) is 4.41. The fourth-order valence-corrected chi connectivity index (χ4v) is 4.59. The number of benzene rings is 3. The van der Waals surface area contributed by atoms with Crippen LogP contribution in [0, 0.1) is 6.92 Å². The van der Waals surface area contributed by atoms with Crippen molar-refractivity contribution in [1.29, 1.82) is 0 Å². The second kappa shape index (κ2) is 7.22. The number of aryl methyl sites for hydroxylation is 1. The number of nitrogens with zero attached hydrogens (tertiary/aromatic N) is 2. The third-order valence-corrected chi connectivity index (χ3v) is 6.21. The molecular formula is C25H20N2OS. The van der Waals surface area contributed by atoms with Gasteiger partial charge in [-0.25, -0.2) is 4.98 Å². The SMILES string of the molecule is COc1ccc(-c2ccc(C)n2-c2ccc(-c3nc4ccccc4s3)cc2)cc1. The lowest BCUT2D eigenvalue weighted by Crippen LogP contribution is -1.99. The Morgan fingerprint density at radius 2 is 1.52 bits per heavy atom. The van der Waals surface area contributed by atoms with Gasteiger partial charge in [-0.1, -0.05) is 12.1 Å². The van der Waals surface area contributed by atoms with Crippen LogP contribution in [0.2, 0.25) is 0 Å². The second-order valence-corrected chi connectivity index (χ2v) is 7.99. The molecule has 4 heteroatoms. The highest BCUT2D eigenvalue weighted by molar-refractivity contribution is 7.21. The molecule has 5 aromatic rings. The molecule has 0 N–H and O–H groups in total. The van der Waals surface area contributed by atoms with Crippen LogP contribution in [-0.4, -0.2) is 16.7 Å². The molecule has 0 bridgehead atoms. The standard InChI is InChI=1S/C25H20N2OS/c1-17-7-16-23(18-10-14-21(28-2)15-11-18)27(17)20-12-8-19(9-13-20)25-26-22-5-3-4-6-24(22)29-25/h3-16H,1-2H3. The van der Waals surface area contributed by atoms with Crippen LogP contribution in [0.5, 0.6) is 5.75 Å². The van der Waals surface area contributed by atoms with Gasteiger partial charge in [0.25, 0.3) is 0 Å². The van der Waals surface area contributed by atoms with E-state index in [9.17, 15) is 0 Å². The van der Waals surface area contributed by atoms with E-state index >= 15 is 0 Å². The summed E-state index contributed by atoms with van der Waals surface area (Å²) in [5.41, 5.74) is 6.86. The quantitative estimate of drug-likeness (QED) is 0.336. The lowest BCUT2D eigenvalue weighted by molar-refractivity contribution is 0.415. The molecule has 0 radical (unpaired) electrons. The van der Waals surface area contributed by atoms with Gasteiger partial charge in [0.15, 0.2) is 0 Å². The van der Waals surface area contributed by atoms with E-state index in [1.807, 2.05) is 18.2 Å². The van der Waals surface area contributed by atoms with Crippen molar-refractivity contribution in [1.82, 2.24) is 9.55 Å². The first kappa shape index (κ1) is 17.7. The summed E-state index contributed by atoms with van der Waals surface area (Å²) in [6, 6.07) is 29.4. The Morgan fingerprint density at radius 1 is 0.793 bits per heavy atom. The number of hydrogen-bond donors (Lipinski definition) is 0. The van der Waals surface area contributed by atoms with Crippen molar-refractivity contribution in [2.24, 2.45) is 0 Å². The van der Waals surface area contributed by atoms with Crippen LogP contribution < -0.4 is 4.74 Å². The summed E-state index contributed by atoms with van der Waals surface area (Å²) >= 11 is 1.73. The third kappa shape index (κ3) is 3.22. The van der Waals surface area contributed by atoms with Gasteiger partial charge >= 0.3 is 0 Å². The molecule has 0 aliphatic rings. The first-order valence-corrected chi connectivity index (χ1v) is 10.3. The zero-order chi connectivity index (χ0) is 19.8. The number of thiazole rings is 1. The molecule has 0 aliphatic heterocycles. The minimum Gasteiger partial charge on any atom is -0.497 e. The summed E-state index contributed by atoms with van der Waals surface area (Å²) in [5.74, 6) is 0.865. The van der Waals surface area contributed by atoms with E-state index in [4.69, 9.17) is 9.72 Å². The molecule has 0 saturated carbocycles. The van der Waals surface area contributed by atoms with E-state index in [1.165, 1.54) is 10.4 Å². The highest BCUT2D eigenvalue weighted by atomic mass is 32.1. The Morgan fingerprint density at radius 3 is 2.24 bits per heavy atom. The van der Waals surface area contributed by atoms with Crippen molar-refractivity contribution >= 4 is 21.6 Å². The van der Waals surface area contributed by atoms with Crippen LogP contribution in [0.4, 0.5) is 0 Å². The van der Waals surface area contributed by atoms with Crippen molar-refractivity contribution in [3.8, 4) is 33.3 Å². The number of hydrogen-bond acceptors (Lipinski definition) is 3. The summed E-state index contributed by atoms with van der Waals surface area (Å²) in [7, 11) is 1.69. The van der Waals surface area contributed by atoms with E-state index < -0.39 is 0 Å². The van der Waals surface area contributed by atoms with Gasteiger partial charge in [0.05, 0.1) is 23.0 Å². The smallest absolute Gasteiger partial charge is 0.124 e. The Bertz CT molecular complexity index is 1250. The molecule has 3 aromatic carbocycles. The van der Waals surface area contributed by atoms with Crippen molar-refractivity contribution in [3.05, 3.63) is 90.6 Å². The third-order valence-electron chi connectivity index (χ3n) is 5.13. The van der Waals surface area contributed by atoms with E-state index in [0.717, 1.165) is 38.8 Å². The number of aromatic nitrogens is 2. The number of rotatable bonds is 4. The Labute approximate surface area is 173 Å². The van der Waals surface area contributed by atoms with Gasteiger partial charge in [-0.2, -0.15) is 0 Å². The highest BCUT2D eigenvalue weighted by Crippen LogP contribution is 2.32. The molecule has 0 spiro atoms. The van der Waals surface area contributed by atoms with Gasteiger partial charge in [0.1, 0.15) is 10.8 Å². The molecule has 0 amide bonds. The minimum absolute atomic E-state index is 0.865. The summed E-state index contributed by atoms with van der Waals surface area (Å²) < 4.78 is 8.79. The maximum absolute atomic E-state index is 5.29. The molecule has 2 aromatic heterocycles. The van der Waals surface area contributed by atoms with Gasteiger partial charge in [-0.3, -0.25) is 0 Å². The molecule has 5 rings (SSSR count). The Balaban J connectivity index is 1.52. The van der Waals surface area contributed by atoms with E-state index in [0.29, 0.717) is 0 Å². The molecule has 0 unspecified atom stereocenters. The van der Waals surface area contributed by atoms with Gasteiger partial charge in [-0.15, -0.1) is 11.3 Å². The normalized spacial score (nSPS) is 11.1. The van der Waals surface area contributed by atoms with Crippen LogP contribution in [0.15, 0.2) is 84.9 Å². The summed E-state index contributed by atoms with van der Waals surface area (Å²) in [5, 5.41) is 1.05. The maximum Gasteiger partial charge on any atom is 0.124 e. The molecular weight excluding hydrogens is 376 g/mol. The average Bonchev–Trinajstić information content (AvgIpc) is 3.37. The van der Waals surface area contributed by atoms with Crippen molar-refractivity contribution in [2.75, 3.05) is 7.11 Å². The van der Waals surface area contributed by atoms with Crippen LogP contribution in [0.3, 0.4) is 0 Å². The monoisotopic (exact) mass is 396 g/mol. The summed E-state index contributed by atoms with van der Waals surface area (Å²) in [4.78, 5) is 4.77. The van der Waals surface area contributed by atoms with Gasteiger partial charge in [0.2, 0.25) is 0 Å². The zero-order valence-electron chi connectivity index (χ0n) is 16.3. The fraction of sp³-hybridized carbons (Fsp3) is 0.0800. The Hall–Kier alpha value is -3.37. The lowest BCUT2D eigenvalue weighted by Gasteiger charge is -2.13. The first-order valence-electron chi connectivity index (χ1n) is 9.52. The largest absolute Gasteiger partial charge is 0.497 e. The second-order valence-electron chi connectivity index (χ2n) is 6.96. The molecule has 2 heterocycles. The van der Waals surface area contributed by atoms with E-state index in [2.05, 4.69) is 78.2 Å². The molecule has 0 aliphatic carbocycles. The predicted octanol–water partition coefficient (Wildman–Crippen LogP) is 6.74. The molecule has 0 saturated heterocycles. The molecule has 0 fully saturated rings. The fourth-order valence-electron chi connectivity index (χ4n) is 3.62. The zero-order valence-corrected chi connectivity index (χ0v) is 17.1. The molecule has 3 nitrogen and oxygen atoms in total. The molecule has 29 heavy (non-hydrogen) atoms. The van der Waals surface area contributed by atoms with E-state index in [-0.39, 0.29) is 0 Å². The van der Waals surface area contributed by atoms with Gasteiger partial charge in [0, 0.05) is 16.9 Å². The van der Waals surface area contributed by atoms with Gasteiger partial charge in [-0.05, 0) is 85.3 Å². The van der Waals surface area contributed by atoms with Crippen molar-refractivity contribution in [3.63, 3.8) is 0 Å². The van der Waals surface area contributed by atoms with E-state index in [1.54, 1.807) is 18.4 Å². The van der Waals surface area contributed by atoms with Crippen LogP contribution >= 0.6 is 11.3 Å². The topological polar surface area (TPSA) is 27.1 Å².